The summed E-state index contributed by atoms with van der Waals surface area (Å²) in [5, 5.41) is 35.8. The van der Waals surface area contributed by atoms with E-state index in [1.165, 1.54) is 19.1 Å². The Morgan fingerprint density at radius 3 is 2.09 bits per heavy atom. The van der Waals surface area contributed by atoms with Crippen LogP contribution in [0.15, 0.2) is 36.4 Å². The highest BCUT2D eigenvalue weighted by molar-refractivity contribution is 5.93. The van der Waals surface area contributed by atoms with Crippen molar-refractivity contribution in [1.29, 1.82) is 0 Å². The van der Waals surface area contributed by atoms with Crippen molar-refractivity contribution in [3.05, 3.63) is 47.5 Å². The molecule has 0 saturated heterocycles. The number of nitrogens with two attached hydrogens (primary N) is 2. The van der Waals surface area contributed by atoms with Crippen LogP contribution in [0.1, 0.15) is 24.5 Å². The molecule has 10 heteroatoms. The molecule has 0 aromatic heterocycles. The van der Waals surface area contributed by atoms with E-state index in [0.717, 1.165) is 0 Å². The van der Waals surface area contributed by atoms with E-state index >= 15 is 0 Å². The van der Waals surface area contributed by atoms with E-state index in [4.69, 9.17) is 11.5 Å². The molecule has 0 saturated carbocycles. The van der Waals surface area contributed by atoms with Crippen LogP contribution >= 0.6 is 0 Å². The number of nitrogens with one attached hydrogen (secondary N) is 2. The quantitative estimate of drug-likeness (QED) is 0.310. The largest absolute Gasteiger partial charge is 0.508 e. The van der Waals surface area contributed by atoms with Crippen molar-refractivity contribution in [2.24, 2.45) is 11.5 Å². The number of aliphatic hydroxyl groups is 1. The fourth-order valence-corrected chi connectivity index (χ4v) is 3.85. The van der Waals surface area contributed by atoms with Gasteiger partial charge in [0.25, 0.3) is 0 Å². The second-order valence-electron chi connectivity index (χ2n) is 8.56. The number of phenols is 2. The van der Waals surface area contributed by atoms with Gasteiger partial charge in [0.15, 0.2) is 5.78 Å². The zero-order valence-corrected chi connectivity index (χ0v) is 18.8. The summed E-state index contributed by atoms with van der Waals surface area (Å²) in [7, 11) is 0. The number of carbonyl (C=O) groups excluding carboxylic acids is 3. The van der Waals surface area contributed by atoms with Crippen LogP contribution in [0.4, 0.5) is 0 Å². The molecule has 2 aromatic rings. The topological polar surface area (TPSA) is 188 Å². The Hall–Kier alpha value is -3.47. The summed E-state index contributed by atoms with van der Waals surface area (Å²) in [6.07, 6.45) is -1.27. The molecule has 4 bridgehead atoms. The molecule has 2 aromatic carbocycles. The van der Waals surface area contributed by atoms with Crippen LogP contribution in [0.3, 0.4) is 0 Å². The molecule has 10 nitrogen and oxygen atoms in total. The van der Waals surface area contributed by atoms with Crippen molar-refractivity contribution in [1.82, 2.24) is 10.6 Å². The van der Waals surface area contributed by atoms with Crippen molar-refractivity contribution >= 4 is 17.6 Å². The summed E-state index contributed by atoms with van der Waals surface area (Å²) in [5.74, 6) is -1.79. The second-order valence-corrected chi connectivity index (χ2v) is 8.56. The molecular weight excluding hydrogens is 440 g/mol. The standard InChI is InChI=1S/C24H30N4O6/c1-12(29)19-9-16-7-14(3-5-22(16)32)13-2-4-21(31)15(6-13)8-18(26)23(33)28-20(24(34)27-19)10-17(30)11-25/h2-7,17-20,30-32H,8-11,25-26H2,1H3,(H,27,34)(H,28,33)/t17-,18+,19+,20+/m1/s1. The number of carbonyl (C=O) groups is 3. The summed E-state index contributed by atoms with van der Waals surface area (Å²) in [6.45, 7) is 1.17. The molecular formula is C24H30N4O6. The fourth-order valence-electron chi connectivity index (χ4n) is 3.85. The lowest BCUT2D eigenvalue weighted by molar-refractivity contribution is -0.132. The summed E-state index contributed by atoms with van der Waals surface area (Å²) < 4.78 is 0. The Bertz CT molecular complexity index is 1090. The summed E-state index contributed by atoms with van der Waals surface area (Å²) in [6, 6.07) is 6.46. The van der Waals surface area contributed by atoms with E-state index in [1.807, 2.05) is 0 Å². The highest BCUT2D eigenvalue weighted by atomic mass is 16.3. The Morgan fingerprint density at radius 1 is 1.00 bits per heavy atom. The van der Waals surface area contributed by atoms with Gasteiger partial charge >= 0.3 is 0 Å². The van der Waals surface area contributed by atoms with E-state index in [-0.39, 0.29) is 43.1 Å². The zero-order chi connectivity index (χ0) is 25.0. The molecule has 0 aliphatic carbocycles. The van der Waals surface area contributed by atoms with Gasteiger partial charge in [-0.25, -0.2) is 0 Å². The number of fused-ring (bicyclic) bond motifs is 5. The maximum atomic E-state index is 13.0. The van der Waals surface area contributed by atoms with E-state index in [0.29, 0.717) is 22.3 Å². The number of aliphatic hydroxyl groups excluding tert-OH is 1. The second kappa shape index (κ2) is 10.6. The molecule has 0 fully saturated rings. The molecule has 9 N–H and O–H groups in total. The van der Waals surface area contributed by atoms with Gasteiger partial charge in [-0.3, -0.25) is 14.4 Å². The average Bonchev–Trinajstić information content (AvgIpc) is 2.79. The van der Waals surface area contributed by atoms with Crippen molar-refractivity contribution in [2.45, 2.75) is 50.4 Å². The van der Waals surface area contributed by atoms with Crippen LogP contribution in [0.2, 0.25) is 0 Å². The minimum Gasteiger partial charge on any atom is -0.508 e. The minimum absolute atomic E-state index is 0.00527. The predicted octanol–water partition coefficient (Wildman–Crippen LogP) is -0.541. The van der Waals surface area contributed by atoms with Gasteiger partial charge in [-0.05, 0) is 53.4 Å². The third-order valence-corrected chi connectivity index (χ3v) is 5.91. The number of hydrogen-bond acceptors (Lipinski definition) is 8. The molecule has 1 aliphatic rings. The lowest BCUT2D eigenvalue weighted by Crippen LogP contribution is -2.56. The van der Waals surface area contributed by atoms with Crippen molar-refractivity contribution < 1.29 is 29.7 Å². The number of benzene rings is 2. The van der Waals surface area contributed by atoms with Gasteiger partial charge in [0, 0.05) is 25.8 Å². The van der Waals surface area contributed by atoms with Gasteiger partial charge in [-0.1, -0.05) is 12.1 Å². The third kappa shape index (κ3) is 5.90. The van der Waals surface area contributed by atoms with Gasteiger partial charge in [-0.2, -0.15) is 0 Å². The third-order valence-electron chi connectivity index (χ3n) is 5.91. The van der Waals surface area contributed by atoms with Gasteiger partial charge in [0.1, 0.15) is 17.5 Å². The maximum Gasteiger partial charge on any atom is 0.243 e. The minimum atomic E-state index is -1.20. The normalized spacial score (nSPS) is 22.1. The van der Waals surface area contributed by atoms with Gasteiger partial charge in [0.05, 0.1) is 18.2 Å². The summed E-state index contributed by atoms with van der Waals surface area (Å²) in [5.41, 5.74) is 13.8. The van der Waals surface area contributed by atoms with E-state index in [9.17, 15) is 29.7 Å². The molecule has 2 amide bonds. The molecule has 182 valence electrons. The van der Waals surface area contributed by atoms with Crippen LogP contribution in [-0.2, 0) is 27.2 Å². The fraction of sp³-hybridized carbons (Fsp3) is 0.375. The maximum absolute atomic E-state index is 13.0. The molecule has 3 rings (SSSR count). The van der Waals surface area contributed by atoms with Crippen molar-refractivity contribution in [2.75, 3.05) is 6.54 Å². The van der Waals surface area contributed by atoms with Gasteiger partial charge in [0.2, 0.25) is 11.8 Å². The predicted molar refractivity (Wildman–Crippen MR) is 125 cm³/mol. The number of aromatic hydroxyl groups is 2. The lowest BCUT2D eigenvalue weighted by atomic mass is 9.95. The SMILES string of the molecule is CC(=O)[C@@H]1Cc2cc(ccc2O)-c2ccc(O)c(c2)C[C@H](N)C(=O)N[C@@H](C[C@@H](O)CN)C(=O)N1. The van der Waals surface area contributed by atoms with Crippen LogP contribution in [0.5, 0.6) is 11.5 Å². The molecule has 0 spiro atoms. The Morgan fingerprint density at radius 2 is 1.56 bits per heavy atom. The number of amides is 2. The number of rotatable bonds is 4. The molecule has 0 radical (unpaired) electrons. The molecule has 1 heterocycles. The van der Waals surface area contributed by atoms with Crippen LogP contribution < -0.4 is 22.1 Å². The summed E-state index contributed by atoms with van der Waals surface area (Å²) in [4.78, 5) is 38.1. The Balaban J connectivity index is 2.09. The molecule has 4 atom stereocenters. The first-order valence-corrected chi connectivity index (χ1v) is 11.0. The first-order valence-electron chi connectivity index (χ1n) is 11.0. The molecule has 34 heavy (non-hydrogen) atoms. The Kier molecular flexibility index (Phi) is 7.87. The lowest BCUT2D eigenvalue weighted by Gasteiger charge is -2.25. The number of Topliss-reactive ketones (excluding diaryl/α,β-unsaturated/α-hetero) is 1. The number of phenolic OH excluding ortho intramolecular Hbond substituents is 2. The van der Waals surface area contributed by atoms with Crippen LogP contribution in [0, 0.1) is 0 Å². The number of hydrogen-bond donors (Lipinski definition) is 7. The smallest absolute Gasteiger partial charge is 0.243 e. The number of ketones is 1. The van der Waals surface area contributed by atoms with Crippen molar-refractivity contribution in [3.8, 4) is 22.6 Å². The molecule has 0 unspecified atom stereocenters. The first-order chi connectivity index (χ1) is 16.1. The highest BCUT2D eigenvalue weighted by Gasteiger charge is 2.29. The zero-order valence-electron chi connectivity index (χ0n) is 18.8. The van der Waals surface area contributed by atoms with E-state index in [1.54, 1.807) is 24.3 Å². The highest BCUT2D eigenvalue weighted by Crippen LogP contribution is 2.30. The summed E-state index contributed by atoms with van der Waals surface area (Å²) >= 11 is 0. The van der Waals surface area contributed by atoms with Crippen LogP contribution in [0.25, 0.3) is 11.1 Å². The van der Waals surface area contributed by atoms with Crippen molar-refractivity contribution in [3.63, 3.8) is 0 Å². The van der Waals surface area contributed by atoms with Crippen LogP contribution in [-0.4, -0.2) is 63.7 Å². The Labute approximate surface area is 197 Å². The van der Waals surface area contributed by atoms with E-state index < -0.39 is 36.0 Å². The van der Waals surface area contributed by atoms with E-state index in [2.05, 4.69) is 10.6 Å². The monoisotopic (exact) mass is 470 g/mol. The first kappa shape index (κ1) is 25.2. The molecule has 1 aliphatic heterocycles. The van der Waals surface area contributed by atoms with Gasteiger partial charge in [-0.15, -0.1) is 0 Å². The average molecular weight is 471 g/mol. The van der Waals surface area contributed by atoms with Gasteiger partial charge < -0.3 is 37.4 Å².